The molecule has 3 aromatic rings. The van der Waals surface area contributed by atoms with Crippen LogP contribution in [-0.2, 0) is 11.4 Å². The summed E-state index contributed by atoms with van der Waals surface area (Å²) in [5.74, 6) is -0.0964. The van der Waals surface area contributed by atoms with Gasteiger partial charge in [0.25, 0.3) is 0 Å². The van der Waals surface area contributed by atoms with Crippen LogP contribution in [0.3, 0.4) is 0 Å². The number of aliphatic hydroxyl groups is 1. The van der Waals surface area contributed by atoms with Crippen molar-refractivity contribution in [3.63, 3.8) is 0 Å². The summed E-state index contributed by atoms with van der Waals surface area (Å²) >= 11 is 0. The molecule has 0 spiro atoms. The zero-order chi connectivity index (χ0) is 17.5. The molecule has 0 fully saturated rings. The number of benzene rings is 3. The van der Waals surface area contributed by atoms with Gasteiger partial charge in [0.2, 0.25) is 0 Å². The van der Waals surface area contributed by atoms with Gasteiger partial charge in [0.1, 0.15) is 5.75 Å². The predicted molar refractivity (Wildman–Crippen MR) is 98.8 cm³/mol. The first-order chi connectivity index (χ1) is 12.3. The predicted octanol–water partition coefficient (Wildman–Crippen LogP) is 4.33. The molecule has 0 aliphatic carbocycles. The minimum Gasteiger partial charge on any atom is -0.423 e. The molecule has 0 unspecified atom stereocenters. The van der Waals surface area contributed by atoms with Crippen molar-refractivity contribution in [1.29, 1.82) is 0 Å². The van der Waals surface area contributed by atoms with Gasteiger partial charge in [-0.1, -0.05) is 78.9 Å². The summed E-state index contributed by atoms with van der Waals surface area (Å²) in [6.07, 6.45) is 1.80. The number of carbonyl (C=O) groups is 1. The van der Waals surface area contributed by atoms with Crippen LogP contribution in [0.5, 0.6) is 5.75 Å². The molecule has 3 aromatic carbocycles. The van der Waals surface area contributed by atoms with Crippen LogP contribution in [0.1, 0.15) is 16.7 Å². The summed E-state index contributed by atoms with van der Waals surface area (Å²) in [7, 11) is 0. The molecule has 0 atom stereocenters. The summed E-state index contributed by atoms with van der Waals surface area (Å²) in [5, 5.41) is 9.42. The highest BCUT2D eigenvalue weighted by molar-refractivity contribution is 6.22. The van der Waals surface area contributed by atoms with E-state index in [1.165, 1.54) is 0 Å². The summed E-state index contributed by atoms with van der Waals surface area (Å²) in [6.45, 7) is -0.188. The summed E-state index contributed by atoms with van der Waals surface area (Å²) < 4.78 is 5.56. The highest BCUT2D eigenvalue weighted by Gasteiger charge is 2.16. The molecule has 0 bridgehead atoms. The third kappa shape index (κ3) is 4.22. The second-order valence-electron chi connectivity index (χ2n) is 5.49. The largest absolute Gasteiger partial charge is 0.423 e. The van der Waals surface area contributed by atoms with Crippen molar-refractivity contribution in [1.82, 2.24) is 0 Å². The maximum Gasteiger partial charge on any atom is 0.344 e. The molecule has 0 amide bonds. The Morgan fingerprint density at radius 2 is 1.44 bits per heavy atom. The average Bonchev–Trinajstić information content (AvgIpc) is 2.68. The lowest BCUT2D eigenvalue weighted by Crippen LogP contribution is -2.11. The van der Waals surface area contributed by atoms with E-state index in [1.807, 2.05) is 60.7 Å². The number of hydrogen-bond acceptors (Lipinski definition) is 3. The standard InChI is InChI=1S/C22H18O3/c23-16-19-13-7-8-14-21(19)25-22(24)20(18-11-5-2-6-12-18)15-17-9-3-1-4-10-17/h1-15,23H,16H2/b20-15+. The lowest BCUT2D eigenvalue weighted by atomic mass is 10.0. The second kappa shape index (κ2) is 8.08. The molecule has 3 rings (SSSR count). The molecule has 0 saturated heterocycles. The molecule has 1 N–H and O–H groups in total. The Balaban J connectivity index is 1.97. The first-order valence-electron chi connectivity index (χ1n) is 8.01. The monoisotopic (exact) mass is 330 g/mol. The lowest BCUT2D eigenvalue weighted by Gasteiger charge is -2.11. The van der Waals surface area contributed by atoms with Gasteiger partial charge in [-0.25, -0.2) is 4.79 Å². The number of carbonyl (C=O) groups excluding carboxylic acids is 1. The number of para-hydroxylation sites is 1. The van der Waals surface area contributed by atoms with E-state index in [2.05, 4.69) is 0 Å². The Morgan fingerprint density at radius 3 is 2.12 bits per heavy atom. The zero-order valence-corrected chi connectivity index (χ0v) is 13.6. The Kier molecular flexibility index (Phi) is 5.39. The Hall–Kier alpha value is -3.17. The van der Waals surface area contributed by atoms with Crippen molar-refractivity contribution >= 4 is 17.6 Å². The van der Waals surface area contributed by atoms with E-state index in [4.69, 9.17) is 4.74 Å². The van der Waals surface area contributed by atoms with Crippen LogP contribution < -0.4 is 4.74 Å². The van der Waals surface area contributed by atoms with E-state index >= 15 is 0 Å². The first-order valence-corrected chi connectivity index (χ1v) is 8.01. The van der Waals surface area contributed by atoms with Crippen LogP contribution in [0.2, 0.25) is 0 Å². The van der Waals surface area contributed by atoms with Crippen LogP contribution in [0, 0.1) is 0 Å². The second-order valence-corrected chi connectivity index (χ2v) is 5.49. The fraction of sp³-hybridized carbons (Fsp3) is 0.0455. The maximum absolute atomic E-state index is 12.8. The normalized spacial score (nSPS) is 11.2. The SMILES string of the molecule is O=C(Oc1ccccc1CO)/C(=C/c1ccccc1)c1ccccc1. The van der Waals surface area contributed by atoms with Crippen LogP contribution in [0.4, 0.5) is 0 Å². The summed E-state index contributed by atoms with van der Waals surface area (Å²) in [6, 6.07) is 26.0. The van der Waals surface area contributed by atoms with Gasteiger partial charge in [0.05, 0.1) is 12.2 Å². The van der Waals surface area contributed by atoms with Crippen molar-refractivity contribution in [3.05, 3.63) is 102 Å². The quantitative estimate of drug-likeness (QED) is 0.328. The molecule has 0 aliphatic heterocycles. The van der Waals surface area contributed by atoms with Crippen molar-refractivity contribution in [2.75, 3.05) is 0 Å². The van der Waals surface area contributed by atoms with Crippen LogP contribution in [0.15, 0.2) is 84.9 Å². The highest BCUT2D eigenvalue weighted by Crippen LogP contribution is 2.24. The molecule has 3 heteroatoms. The zero-order valence-electron chi connectivity index (χ0n) is 13.6. The minimum absolute atomic E-state index is 0.188. The molecule has 124 valence electrons. The van der Waals surface area contributed by atoms with Gasteiger partial charge < -0.3 is 9.84 Å². The summed E-state index contributed by atoms with van der Waals surface area (Å²) in [5.41, 5.74) is 2.72. The van der Waals surface area contributed by atoms with Gasteiger partial charge in [-0.15, -0.1) is 0 Å². The van der Waals surface area contributed by atoms with Crippen LogP contribution in [-0.4, -0.2) is 11.1 Å². The van der Waals surface area contributed by atoms with E-state index in [9.17, 15) is 9.90 Å². The molecule has 0 radical (unpaired) electrons. The third-order valence-electron chi connectivity index (χ3n) is 3.76. The minimum atomic E-state index is -0.462. The maximum atomic E-state index is 12.8. The van der Waals surface area contributed by atoms with Gasteiger partial charge in [-0.3, -0.25) is 0 Å². The van der Waals surface area contributed by atoms with Crippen molar-refractivity contribution in [2.45, 2.75) is 6.61 Å². The van der Waals surface area contributed by atoms with E-state index in [-0.39, 0.29) is 6.61 Å². The van der Waals surface area contributed by atoms with E-state index < -0.39 is 5.97 Å². The molecule has 0 heterocycles. The van der Waals surface area contributed by atoms with Crippen LogP contribution >= 0.6 is 0 Å². The molecular formula is C22H18O3. The number of esters is 1. The van der Waals surface area contributed by atoms with Gasteiger partial charge in [-0.05, 0) is 23.3 Å². The fourth-order valence-corrected chi connectivity index (χ4v) is 2.48. The fourth-order valence-electron chi connectivity index (χ4n) is 2.48. The molecule has 0 aromatic heterocycles. The van der Waals surface area contributed by atoms with Gasteiger partial charge in [0, 0.05) is 5.56 Å². The highest BCUT2D eigenvalue weighted by atomic mass is 16.5. The first kappa shape index (κ1) is 16.7. The van der Waals surface area contributed by atoms with Crippen molar-refractivity contribution < 1.29 is 14.6 Å². The number of rotatable bonds is 5. The smallest absolute Gasteiger partial charge is 0.344 e. The molecule has 0 saturated carbocycles. The van der Waals surface area contributed by atoms with E-state index in [0.717, 1.165) is 11.1 Å². The topological polar surface area (TPSA) is 46.5 Å². The lowest BCUT2D eigenvalue weighted by molar-refractivity contribution is -0.127. The Morgan fingerprint density at radius 1 is 0.840 bits per heavy atom. The van der Waals surface area contributed by atoms with Gasteiger partial charge >= 0.3 is 5.97 Å². The van der Waals surface area contributed by atoms with Crippen LogP contribution in [0.25, 0.3) is 11.6 Å². The Labute approximate surface area is 146 Å². The molecule has 25 heavy (non-hydrogen) atoms. The van der Waals surface area contributed by atoms with Crippen molar-refractivity contribution in [3.8, 4) is 5.75 Å². The van der Waals surface area contributed by atoms with E-state index in [0.29, 0.717) is 16.9 Å². The third-order valence-corrected chi connectivity index (χ3v) is 3.76. The Bertz CT molecular complexity index is 868. The molecular weight excluding hydrogens is 312 g/mol. The number of aliphatic hydroxyl groups excluding tert-OH is 1. The van der Waals surface area contributed by atoms with E-state index in [1.54, 1.807) is 30.3 Å². The number of ether oxygens (including phenoxy) is 1. The summed E-state index contributed by atoms with van der Waals surface area (Å²) in [4.78, 5) is 12.8. The molecule has 0 aliphatic rings. The van der Waals surface area contributed by atoms with Gasteiger partial charge in [0.15, 0.2) is 0 Å². The number of hydrogen-bond donors (Lipinski definition) is 1. The van der Waals surface area contributed by atoms with Gasteiger partial charge in [-0.2, -0.15) is 0 Å². The molecule has 3 nitrogen and oxygen atoms in total. The average molecular weight is 330 g/mol. The van der Waals surface area contributed by atoms with Crippen molar-refractivity contribution in [2.24, 2.45) is 0 Å².